The van der Waals surface area contributed by atoms with Gasteiger partial charge in [0.15, 0.2) is 0 Å². The van der Waals surface area contributed by atoms with Crippen molar-refractivity contribution in [3.05, 3.63) is 0 Å². The van der Waals surface area contributed by atoms with Gasteiger partial charge in [-0.1, -0.05) is 5.92 Å². The van der Waals surface area contributed by atoms with Crippen LogP contribution < -0.4 is 0 Å². The summed E-state index contributed by atoms with van der Waals surface area (Å²) in [6, 6.07) is -0.502. The monoisotopic (exact) mass is 197 g/mol. The molecule has 0 aromatic carbocycles. The SMILES string of the molecule is C#CC1(O)CCN(C(C)C(=O)O)CC1. The van der Waals surface area contributed by atoms with E-state index in [-0.39, 0.29) is 0 Å². The maximum Gasteiger partial charge on any atom is 0.320 e. The molecule has 1 aliphatic rings. The lowest BCUT2D eigenvalue weighted by molar-refractivity contribution is -0.143. The fourth-order valence-corrected chi connectivity index (χ4v) is 1.58. The number of piperidine rings is 1. The molecule has 4 nitrogen and oxygen atoms in total. The lowest BCUT2D eigenvalue weighted by atomic mass is 9.92. The summed E-state index contributed by atoms with van der Waals surface area (Å²) in [6.07, 6.45) is 6.08. The van der Waals surface area contributed by atoms with E-state index < -0.39 is 17.6 Å². The minimum absolute atomic E-state index is 0.446. The third-order valence-corrected chi connectivity index (χ3v) is 2.80. The molecule has 1 heterocycles. The summed E-state index contributed by atoms with van der Waals surface area (Å²) in [7, 11) is 0. The van der Waals surface area contributed by atoms with Gasteiger partial charge >= 0.3 is 5.97 Å². The van der Waals surface area contributed by atoms with Gasteiger partial charge in [-0.25, -0.2) is 0 Å². The van der Waals surface area contributed by atoms with Crippen LogP contribution in [0.3, 0.4) is 0 Å². The Balaban J connectivity index is 2.52. The van der Waals surface area contributed by atoms with Crippen LogP contribution in [0.5, 0.6) is 0 Å². The zero-order chi connectivity index (χ0) is 10.8. The Bertz CT molecular complexity index is 261. The fraction of sp³-hybridized carbons (Fsp3) is 0.700. The van der Waals surface area contributed by atoms with Crippen molar-refractivity contribution in [2.75, 3.05) is 13.1 Å². The standard InChI is InChI=1S/C10H15NO3/c1-3-10(14)4-6-11(7-5-10)8(2)9(12)13/h1,8,14H,4-7H2,2H3,(H,12,13). The molecule has 1 atom stereocenters. The molecular weight excluding hydrogens is 182 g/mol. The van der Waals surface area contributed by atoms with Crippen molar-refractivity contribution in [3.63, 3.8) is 0 Å². The Morgan fingerprint density at radius 1 is 1.57 bits per heavy atom. The number of hydrogen-bond donors (Lipinski definition) is 2. The van der Waals surface area contributed by atoms with Gasteiger partial charge in [-0.3, -0.25) is 9.69 Å². The maximum absolute atomic E-state index is 10.7. The third kappa shape index (κ3) is 2.25. The van der Waals surface area contributed by atoms with E-state index in [1.165, 1.54) is 0 Å². The lowest BCUT2D eigenvalue weighted by Gasteiger charge is -2.36. The molecule has 0 aromatic heterocycles. The first-order chi connectivity index (χ1) is 6.48. The molecule has 0 saturated carbocycles. The second-order valence-electron chi connectivity index (χ2n) is 3.73. The molecule has 0 bridgehead atoms. The van der Waals surface area contributed by atoms with E-state index in [1.54, 1.807) is 6.92 Å². The normalized spacial score (nSPS) is 23.8. The van der Waals surface area contributed by atoms with Crippen LogP contribution in [0, 0.1) is 12.3 Å². The minimum Gasteiger partial charge on any atom is -0.480 e. The summed E-state index contributed by atoms with van der Waals surface area (Å²) in [5.74, 6) is 1.51. The number of aliphatic carboxylic acids is 1. The Morgan fingerprint density at radius 2 is 2.07 bits per heavy atom. The molecule has 2 N–H and O–H groups in total. The van der Waals surface area contributed by atoms with Crippen molar-refractivity contribution in [1.82, 2.24) is 4.90 Å². The highest BCUT2D eigenvalue weighted by atomic mass is 16.4. The Morgan fingerprint density at radius 3 is 2.43 bits per heavy atom. The second kappa shape index (κ2) is 3.99. The van der Waals surface area contributed by atoms with E-state index in [0.717, 1.165) is 0 Å². The Labute approximate surface area is 83.5 Å². The summed E-state index contributed by atoms with van der Waals surface area (Å²) in [5, 5.41) is 18.5. The average Bonchev–Trinajstić information content (AvgIpc) is 2.18. The smallest absolute Gasteiger partial charge is 0.320 e. The molecular formula is C10H15NO3. The number of rotatable bonds is 2. The van der Waals surface area contributed by atoms with Crippen molar-refractivity contribution in [1.29, 1.82) is 0 Å². The number of carboxylic acids is 1. The highest BCUT2D eigenvalue weighted by molar-refractivity contribution is 5.72. The largest absolute Gasteiger partial charge is 0.480 e. The van der Waals surface area contributed by atoms with Gasteiger partial charge in [0, 0.05) is 25.9 Å². The number of likely N-dealkylation sites (tertiary alicyclic amines) is 1. The van der Waals surface area contributed by atoms with Gasteiger partial charge in [-0.15, -0.1) is 6.42 Å². The first kappa shape index (κ1) is 11.0. The molecule has 1 aliphatic heterocycles. The minimum atomic E-state index is -1.03. The van der Waals surface area contributed by atoms with E-state index >= 15 is 0 Å². The molecule has 14 heavy (non-hydrogen) atoms. The number of nitrogens with zero attached hydrogens (tertiary/aromatic N) is 1. The third-order valence-electron chi connectivity index (χ3n) is 2.80. The van der Waals surface area contributed by atoms with Crippen LogP contribution in [-0.2, 0) is 4.79 Å². The summed E-state index contributed by atoms with van der Waals surface area (Å²) in [4.78, 5) is 12.5. The predicted molar refractivity (Wildman–Crippen MR) is 51.7 cm³/mol. The summed E-state index contributed by atoms with van der Waals surface area (Å²) >= 11 is 0. The molecule has 0 amide bonds. The number of carbonyl (C=O) groups is 1. The van der Waals surface area contributed by atoms with Crippen LogP contribution in [0.1, 0.15) is 19.8 Å². The molecule has 1 rings (SSSR count). The second-order valence-corrected chi connectivity index (χ2v) is 3.73. The maximum atomic E-state index is 10.7. The zero-order valence-electron chi connectivity index (χ0n) is 8.23. The highest BCUT2D eigenvalue weighted by Crippen LogP contribution is 2.22. The van der Waals surface area contributed by atoms with E-state index in [0.29, 0.717) is 25.9 Å². The zero-order valence-corrected chi connectivity index (χ0v) is 8.23. The van der Waals surface area contributed by atoms with Crippen LogP contribution in [-0.4, -0.2) is 45.8 Å². The number of hydrogen-bond acceptors (Lipinski definition) is 3. The first-order valence-corrected chi connectivity index (χ1v) is 4.65. The average molecular weight is 197 g/mol. The van der Waals surface area contributed by atoms with Crippen molar-refractivity contribution in [2.24, 2.45) is 0 Å². The van der Waals surface area contributed by atoms with Crippen molar-refractivity contribution in [3.8, 4) is 12.3 Å². The molecule has 78 valence electrons. The van der Waals surface area contributed by atoms with E-state index in [4.69, 9.17) is 11.5 Å². The van der Waals surface area contributed by atoms with Crippen molar-refractivity contribution >= 4 is 5.97 Å². The van der Waals surface area contributed by atoms with Gasteiger partial charge in [0.25, 0.3) is 0 Å². The van der Waals surface area contributed by atoms with Crippen LogP contribution in [0.25, 0.3) is 0 Å². The van der Waals surface area contributed by atoms with Gasteiger partial charge in [-0.2, -0.15) is 0 Å². The summed E-state index contributed by atoms with van der Waals surface area (Å²) in [5.41, 5.74) is -1.03. The van der Waals surface area contributed by atoms with Gasteiger partial charge in [0.2, 0.25) is 0 Å². The molecule has 0 radical (unpaired) electrons. The van der Waals surface area contributed by atoms with E-state index in [1.807, 2.05) is 4.90 Å². The first-order valence-electron chi connectivity index (χ1n) is 4.65. The molecule has 1 saturated heterocycles. The highest BCUT2D eigenvalue weighted by Gasteiger charge is 2.33. The number of carboxylic acid groups (broad SMARTS) is 1. The van der Waals surface area contributed by atoms with Crippen LogP contribution in [0.4, 0.5) is 0 Å². The van der Waals surface area contributed by atoms with Gasteiger partial charge < -0.3 is 10.2 Å². The fourth-order valence-electron chi connectivity index (χ4n) is 1.58. The Kier molecular flexibility index (Phi) is 3.14. The molecule has 4 heteroatoms. The van der Waals surface area contributed by atoms with E-state index in [2.05, 4.69) is 5.92 Å². The molecule has 1 unspecified atom stereocenters. The molecule has 0 aliphatic carbocycles. The van der Waals surface area contributed by atoms with Crippen LogP contribution in [0.15, 0.2) is 0 Å². The summed E-state index contributed by atoms with van der Waals surface area (Å²) < 4.78 is 0. The summed E-state index contributed by atoms with van der Waals surface area (Å²) in [6.45, 7) is 2.71. The molecule has 0 spiro atoms. The van der Waals surface area contributed by atoms with Crippen molar-refractivity contribution < 1.29 is 15.0 Å². The molecule has 1 fully saturated rings. The predicted octanol–water partition coefficient (Wildman–Crippen LogP) is -0.0804. The van der Waals surface area contributed by atoms with Crippen LogP contribution >= 0.6 is 0 Å². The van der Waals surface area contributed by atoms with Gasteiger partial charge in [0.1, 0.15) is 11.6 Å². The van der Waals surface area contributed by atoms with Crippen molar-refractivity contribution in [2.45, 2.75) is 31.4 Å². The van der Waals surface area contributed by atoms with Crippen LogP contribution in [0.2, 0.25) is 0 Å². The van der Waals surface area contributed by atoms with Gasteiger partial charge in [0.05, 0.1) is 0 Å². The number of terminal acetylenes is 1. The molecule has 0 aromatic rings. The quantitative estimate of drug-likeness (QED) is 0.608. The van der Waals surface area contributed by atoms with E-state index in [9.17, 15) is 9.90 Å². The Hall–Kier alpha value is -1.05. The van der Waals surface area contributed by atoms with Gasteiger partial charge in [-0.05, 0) is 6.92 Å². The number of aliphatic hydroxyl groups is 1. The topological polar surface area (TPSA) is 60.8 Å². The lowest BCUT2D eigenvalue weighted by Crippen LogP contribution is -2.49.